The second kappa shape index (κ2) is 6.32. The number of hydrogen-bond donors (Lipinski definition) is 3. The monoisotopic (exact) mass is 228 g/mol. The van der Waals surface area contributed by atoms with Crippen molar-refractivity contribution in [1.82, 2.24) is 10.2 Å². The molecule has 6 heteroatoms. The second-order valence-corrected chi connectivity index (χ2v) is 3.98. The van der Waals surface area contributed by atoms with E-state index in [0.29, 0.717) is 32.2 Å². The summed E-state index contributed by atoms with van der Waals surface area (Å²) in [4.78, 5) is 13.4. The van der Waals surface area contributed by atoms with Crippen molar-refractivity contribution >= 4 is 11.9 Å². The molecule has 0 aromatic carbocycles. The summed E-state index contributed by atoms with van der Waals surface area (Å²) in [6.07, 6.45) is 2.54. The molecule has 4 N–H and O–H groups in total. The highest BCUT2D eigenvalue weighted by atomic mass is 16.5. The molecule has 1 aliphatic carbocycles. The number of amides is 2. The summed E-state index contributed by atoms with van der Waals surface area (Å²) in [6, 6.07) is 0.260. The normalized spacial score (nSPS) is 14.6. The molecular formula is C10H20N4O2. The number of nitrogens with zero attached hydrogens (tertiary/aromatic N) is 1. The highest BCUT2D eigenvalue weighted by molar-refractivity contribution is 5.79. The van der Waals surface area contributed by atoms with E-state index in [-0.39, 0.29) is 11.9 Å². The number of ether oxygens (including phenoxy) is 1. The number of rotatable bonds is 7. The summed E-state index contributed by atoms with van der Waals surface area (Å²) >= 11 is 0. The summed E-state index contributed by atoms with van der Waals surface area (Å²) in [5, 5.41) is 10.1. The van der Waals surface area contributed by atoms with E-state index in [1.807, 2.05) is 0 Å². The number of urea groups is 1. The predicted octanol–water partition coefficient (Wildman–Crippen LogP) is 0.133. The van der Waals surface area contributed by atoms with Crippen LogP contribution in [0.5, 0.6) is 0 Å². The topological polar surface area (TPSA) is 91.4 Å². The molecule has 0 heterocycles. The SMILES string of the molecule is COCCN(CCC(=N)N)C(=O)NC1CC1. The Morgan fingerprint density at radius 2 is 2.25 bits per heavy atom. The molecule has 2 amide bonds. The fourth-order valence-electron chi connectivity index (χ4n) is 1.27. The van der Waals surface area contributed by atoms with Crippen LogP contribution in [0.15, 0.2) is 0 Å². The van der Waals surface area contributed by atoms with Crippen LogP contribution in [-0.4, -0.2) is 49.6 Å². The largest absolute Gasteiger partial charge is 0.388 e. The lowest BCUT2D eigenvalue weighted by Crippen LogP contribution is -2.43. The molecule has 0 unspecified atom stereocenters. The zero-order chi connectivity index (χ0) is 12.0. The van der Waals surface area contributed by atoms with Gasteiger partial charge >= 0.3 is 6.03 Å². The third kappa shape index (κ3) is 4.97. The number of amidine groups is 1. The van der Waals surface area contributed by atoms with Crippen molar-refractivity contribution in [2.45, 2.75) is 25.3 Å². The van der Waals surface area contributed by atoms with E-state index in [4.69, 9.17) is 15.9 Å². The summed E-state index contributed by atoms with van der Waals surface area (Å²) in [5.41, 5.74) is 5.28. The minimum atomic E-state index is -0.0826. The summed E-state index contributed by atoms with van der Waals surface area (Å²) in [7, 11) is 1.60. The number of hydrogen-bond acceptors (Lipinski definition) is 3. The molecule has 1 fully saturated rings. The predicted molar refractivity (Wildman–Crippen MR) is 61.5 cm³/mol. The van der Waals surface area contributed by atoms with Gasteiger partial charge in [0, 0.05) is 32.7 Å². The van der Waals surface area contributed by atoms with Crippen LogP contribution in [0, 0.1) is 5.41 Å². The molecule has 1 rings (SSSR count). The first-order valence-electron chi connectivity index (χ1n) is 5.50. The van der Waals surface area contributed by atoms with Crippen LogP contribution in [0.4, 0.5) is 4.79 Å². The Bertz CT molecular complexity index is 253. The van der Waals surface area contributed by atoms with E-state index in [0.717, 1.165) is 12.8 Å². The van der Waals surface area contributed by atoms with Crippen LogP contribution < -0.4 is 11.1 Å². The van der Waals surface area contributed by atoms with Gasteiger partial charge in [0.25, 0.3) is 0 Å². The van der Waals surface area contributed by atoms with Crippen molar-refractivity contribution in [2.24, 2.45) is 5.73 Å². The smallest absolute Gasteiger partial charge is 0.317 e. The van der Waals surface area contributed by atoms with Crippen LogP contribution in [-0.2, 0) is 4.74 Å². The number of carbonyl (C=O) groups excluding carboxylic acids is 1. The van der Waals surface area contributed by atoms with Gasteiger partial charge in [0.2, 0.25) is 0 Å². The van der Waals surface area contributed by atoms with Crippen LogP contribution in [0.2, 0.25) is 0 Å². The molecular weight excluding hydrogens is 208 g/mol. The van der Waals surface area contributed by atoms with Gasteiger partial charge in [0.1, 0.15) is 0 Å². The summed E-state index contributed by atoms with van der Waals surface area (Å²) in [5.74, 6) is 0.0987. The fourth-order valence-corrected chi connectivity index (χ4v) is 1.27. The molecule has 16 heavy (non-hydrogen) atoms. The molecule has 0 spiro atoms. The Morgan fingerprint density at radius 1 is 1.56 bits per heavy atom. The van der Waals surface area contributed by atoms with E-state index >= 15 is 0 Å². The molecule has 0 saturated heterocycles. The molecule has 0 aromatic rings. The molecule has 6 nitrogen and oxygen atoms in total. The average Bonchev–Trinajstić information content (AvgIpc) is 3.01. The Balaban J connectivity index is 2.33. The van der Waals surface area contributed by atoms with Crippen molar-refractivity contribution in [3.8, 4) is 0 Å². The second-order valence-electron chi connectivity index (χ2n) is 3.98. The first-order valence-corrected chi connectivity index (χ1v) is 5.50. The highest BCUT2D eigenvalue weighted by Crippen LogP contribution is 2.18. The lowest BCUT2D eigenvalue weighted by atomic mass is 10.3. The Morgan fingerprint density at radius 3 is 2.75 bits per heavy atom. The third-order valence-corrected chi connectivity index (χ3v) is 2.41. The summed E-state index contributed by atoms with van der Waals surface area (Å²) in [6.45, 7) is 1.50. The average molecular weight is 228 g/mol. The molecule has 0 bridgehead atoms. The summed E-state index contributed by atoms with van der Waals surface area (Å²) < 4.78 is 4.94. The number of carbonyl (C=O) groups is 1. The molecule has 1 saturated carbocycles. The first kappa shape index (κ1) is 12.8. The maximum atomic E-state index is 11.8. The van der Waals surface area contributed by atoms with E-state index in [1.54, 1.807) is 12.0 Å². The third-order valence-electron chi connectivity index (χ3n) is 2.41. The van der Waals surface area contributed by atoms with Crippen molar-refractivity contribution in [2.75, 3.05) is 26.8 Å². The zero-order valence-electron chi connectivity index (χ0n) is 9.66. The van der Waals surface area contributed by atoms with Gasteiger partial charge in [0.05, 0.1) is 12.4 Å². The van der Waals surface area contributed by atoms with Gasteiger partial charge in [-0.15, -0.1) is 0 Å². The van der Waals surface area contributed by atoms with E-state index in [1.165, 1.54) is 0 Å². The Labute approximate surface area is 95.6 Å². The standard InChI is InChI=1S/C10H20N4O2/c1-16-7-6-14(5-4-9(11)12)10(15)13-8-2-3-8/h8H,2-7H2,1H3,(H3,11,12)(H,13,15). The molecule has 0 radical (unpaired) electrons. The highest BCUT2D eigenvalue weighted by Gasteiger charge is 2.25. The zero-order valence-corrected chi connectivity index (χ0v) is 9.66. The van der Waals surface area contributed by atoms with Crippen molar-refractivity contribution in [3.63, 3.8) is 0 Å². The van der Waals surface area contributed by atoms with Crippen LogP contribution in [0.25, 0.3) is 0 Å². The van der Waals surface area contributed by atoms with Gasteiger partial charge in [0.15, 0.2) is 0 Å². The van der Waals surface area contributed by atoms with E-state index in [9.17, 15) is 4.79 Å². The quantitative estimate of drug-likeness (QED) is 0.427. The fraction of sp³-hybridized carbons (Fsp3) is 0.800. The van der Waals surface area contributed by atoms with Crippen molar-refractivity contribution in [3.05, 3.63) is 0 Å². The maximum Gasteiger partial charge on any atom is 0.317 e. The molecule has 0 aromatic heterocycles. The molecule has 1 aliphatic rings. The lowest BCUT2D eigenvalue weighted by Gasteiger charge is -2.22. The maximum absolute atomic E-state index is 11.8. The number of methoxy groups -OCH3 is 1. The first-order chi connectivity index (χ1) is 7.63. The minimum Gasteiger partial charge on any atom is -0.388 e. The van der Waals surface area contributed by atoms with E-state index < -0.39 is 0 Å². The lowest BCUT2D eigenvalue weighted by molar-refractivity contribution is 0.150. The Hall–Kier alpha value is -1.30. The number of nitrogens with one attached hydrogen (secondary N) is 2. The van der Waals surface area contributed by atoms with Gasteiger partial charge in [-0.2, -0.15) is 0 Å². The van der Waals surface area contributed by atoms with Crippen LogP contribution in [0.3, 0.4) is 0 Å². The van der Waals surface area contributed by atoms with Crippen LogP contribution in [0.1, 0.15) is 19.3 Å². The molecule has 0 aliphatic heterocycles. The van der Waals surface area contributed by atoms with Crippen molar-refractivity contribution in [1.29, 1.82) is 5.41 Å². The van der Waals surface area contributed by atoms with Gasteiger partial charge in [-0.1, -0.05) is 0 Å². The van der Waals surface area contributed by atoms with Gasteiger partial charge in [-0.3, -0.25) is 5.41 Å². The minimum absolute atomic E-state index is 0.0826. The van der Waals surface area contributed by atoms with Crippen LogP contribution >= 0.6 is 0 Å². The van der Waals surface area contributed by atoms with Gasteiger partial charge in [-0.05, 0) is 12.8 Å². The molecule has 0 atom stereocenters. The van der Waals surface area contributed by atoms with Gasteiger partial charge in [-0.25, -0.2) is 4.79 Å². The van der Waals surface area contributed by atoms with Gasteiger partial charge < -0.3 is 20.7 Å². The molecule has 92 valence electrons. The Kier molecular flexibility index (Phi) is 5.04. The van der Waals surface area contributed by atoms with Crippen molar-refractivity contribution < 1.29 is 9.53 Å². The van der Waals surface area contributed by atoms with E-state index in [2.05, 4.69) is 5.32 Å². The number of nitrogens with two attached hydrogens (primary N) is 1.